The molecule has 2 aromatic rings. The van der Waals surface area contributed by atoms with Crippen LogP contribution in [0.2, 0.25) is 0 Å². The standard InChI is InChI=1S/C18H22O3/c1-20-17-9-8-14(13-6-3-4-7-15(13)17)16(19)12-18(21-2)10-5-11-18/h3-4,6-9,16,19H,5,10-12H2,1-2H3. The molecular formula is C18H22O3. The predicted octanol–water partition coefficient (Wildman–Crippen LogP) is 3.84. The van der Waals surface area contributed by atoms with Crippen LogP contribution in [0.5, 0.6) is 5.75 Å². The van der Waals surface area contributed by atoms with Crippen molar-refractivity contribution in [1.29, 1.82) is 0 Å². The Balaban J connectivity index is 1.96. The van der Waals surface area contributed by atoms with E-state index in [0.29, 0.717) is 6.42 Å². The molecule has 21 heavy (non-hydrogen) atoms. The summed E-state index contributed by atoms with van der Waals surface area (Å²) >= 11 is 0. The van der Waals surface area contributed by atoms with Crippen molar-refractivity contribution in [2.75, 3.05) is 14.2 Å². The number of hydrogen-bond donors (Lipinski definition) is 1. The summed E-state index contributed by atoms with van der Waals surface area (Å²) in [5, 5.41) is 12.8. The van der Waals surface area contributed by atoms with Gasteiger partial charge in [-0.05, 0) is 36.3 Å². The van der Waals surface area contributed by atoms with Crippen LogP contribution in [0.1, 0.15) is 37.4 Å². The van der Waals surface area contributed by atoms with E-state index in [-0.39, 0.29) is 5.60 Å². The van der Waals surface area contributed by atoms with Gasteiger partial charge >= 0.3 is 0 Å². The van der Waals surface area contributed by atoms with Gasteiger partial charge in [0.15, 0.2) is 0 Å². The van der Waals surface area contributed by atoms with E-state index in [9.17, 15) is 5.11 Å². The Hall–Kier alpha value is -1.58. The third-order valence-electron chi connectivity index (χ3n) is 4.76. The number of ether oxygens (including phenoxy) is 2. The summed E-state index contributed by atoms with van der Waals surface area (Å²) in [6.45, 7) is 0. The quantitative estimate of drug-likeness (QED) is 0.907. The topological polar surface area (TPSA) is 38.7 Å². The summed E-state index contributed by atoms with van der Waals surface area (Å²) in [6.07, 6.45) is 3.40. The number of benzene rings is 2. The molecule has 3 rings (SSSR count). The van der Waals surface area contributed by atoms with Gasteiger partial charge in [-0.2, -0.15) is 0 Å². The second-order valence-electron chi connectivity index (χ2n) is 5.86. The highest BCUT2D eigenvalue weighted by Crippen LogP contribution is 2.43. The van der Waals surface area contributed by atoms with Crippen LogP contribution in [-0.4, -0.2) is 24.9 Å². The van der Waals surface area contributed by atoms with Gasteiger partial charge in [0.25, 0.3) is 0 Å². The van der Waals surface area contributed by atoms with Gasteiger partial charge in [-0.25, -0.2) is 0 Å². The van der Waals surface area contributed by atoms with Gasteiger partial charge in [0.1, 0.15) is 5.75 Å². The number of methoxy groups -OCH3 is 2. The van der Waals surface area contributed by atoms with Crippen molar-refractivity contribution in [3.8, 4) is 5.75 Å². The molecule has 1 saturated carbocycles. The fourth-order valence-electron chi connectivity index (χ4n) is 3.29. The lowest BCUT2D eigenvalue weighted by atomic mass is 9.75. The molecule has 0 aliphatic heterocycles. The Morgan fingerprint density at radius 1 is 1.10 bits per heavy atom. The van der Waals surface area contributed by atoms with Crippen molar-refractivity contribution in [1.82, 2.24) is 0 Å². The van der Waals surface area contributed by atoms with Crippen molar-refractivity contribution in [3.63, 3.8) is 0 Å². The molecule has 0 bridgehead atoms. The molecule has 0 radical (unpaired) electrons. The largest absolute Gasteiger partial charge is 0.496 e. The van der Waals surface area contributed by atoms with E-state index in [1.165, 1.54) is 6.42 Å². The minimum atomic E-state index is -0.513. The molecule has 0 heterocycles. The average Bonchev–Trinajstić information content (AvgIpc) is 2.49. The second-order valence-corrected chi connectivity index (χ2v) is 5.86. The van der Waals surface area contributed by atoms with E-state index in [2.05, 4.69) is 0 Å². The van der Waals surface area contributed by atoms with Crippen molar-refractivity contribution in [2.24, 2.45) is 0 Å². The lowest BCUT2D eigenvalue weighted by Crippen LogP contribution is -2.40. The van der Waals surface area contributed by atoms with Gasteiger partial charge in [-0.3, -0.25) is 0 Å². The van der Waals surface area contributed by atoms with Crippen LogP contribution in [0.3, 0.4) is 0 Å². The molecule has 0 saturated heterocycles. The first-order valence-electron chi connectivity index (χ1n) is 7.48. The first-order valence-corrected chi connectivity index (χ1v) is 7.48. The highest BCUT2D eigenvalue weighted by molar-refractivity contribution is 5.91. The molecule has 1 fully saturated rings. The minimum absolute atomic E-state index is 0.138. The molecular weight excluding hydrogens is 264 g/mol. The third-order valence-corrected chi connectivity index (χ3v) is 4.76. The molecule has 0 aromatic heterocycles. The van der Waals surface area contributed by atoms with Gasteiger partial charge in [0.2, 0.25) is 0 Å². The first-order chi connectivity index (χ1) is 10.2. The Labute approximate surface area is 125 Å². The summed E-state index contributed by atoms with van der Waals surface area (Å²) < 4.78 is 11.0. The summed E-state index contributed by atoms with van der Waals surface area (Å²) in [4.78, 5) is 0. The first kappa shape index (κ1) is 14.4. The summed E-state index contributed by atoms with van der Waals surface area (Å²) in [7, 11) is 3.42. The maximum atomic E-state index is 10.7. The molecule has 1 aliphatic rings. The number of aliphatic hydroxyl groups excluding tert-OH is 1. The fraction of sp³-hybridized carbons (Fsp3) is 0.444. The molecule has 1 aliphatic carbocycles. The van der Waals surface area contributed by atoms with Gasteiger partial charge in [0, 0.05) is 18.9 Å². The molecule has 3 heteroatoms. The number of fused-ring (bicyclic) bond motifs is 1. The Bertz CT molecular complexity index is 626. The Kier molecular flexibility index (Phi) is 3.87. The summed E-state index contributed by atoms with van der Waals surface area (Å²) in [5.74, 6) is 0.839. The second kappa shape index (κ2) is 5.66. The summed E-state index contributed by atoms with van der Waals surface area (Å²) in [6, 6.07) is 11.9. The predicted molar refractivity (Wildman–Crippen MR) is 83.7 cm³/mol. The lowest BCUT2D eigenvalue weighted by Gasteiger charge is -2.42. The molecule has 112 valence electrons. The van der Waals surface area contributed by atoms with Crippen LogP contribution in [-0.2, 0) is 4.74 Å². The van der Waals surface area contributed by atoms with Crippen LogP contribution >= 0.6 is 0 Å². The van der Waals surface area contributed by atoms with Crippen molar-refractivity contribution < 1.29 is 14.6 Å². The smallest absolute Gasteiger partial charge is 0.126 e. The van der Waals surface area contributed by atoms with Crippen LogP contribution in [0.15, 0.2) is 36.4 Å². The normalized spacial score (nSPS) is 18.2. The zero-order chi connectivity index (χ0) is 14.9. The van der Waals surface area contributed by atoms with Gasteiger partial charge in [0.05, 0.1) is 18.8 Å². The van der Waals surface area contributed by atoms with E-state index in [4.69, 9.17) is 9.47 Å². The van der Waals surface area contributed by atoms with E-state index in [1.54, 1.807) is 14.2 Å². The van der Waals surface area contributed by atoms with Gasteiger partial charge in [-0.1, -0.05) is 30.3 Å². The van der Waals surface area contributed by atoms with Crippen LogP contribution in [0, 0.1) is 0 Å². The minimum Gasteiger partial charge on any atom is -0.496 e. The molecule has 2 aromatic carbocycles. The highest BCUT2D eigenvalue weighted by atomic mass is 16.5. The van der Waals surface area contributed by atoms with E-state index >= 15 is 0 Å². The monoisotopic (exact) mass is 286 g/mol. The SMILES string of the molecule is COc1ccc(C(O)CC2(OC)CCC2)c2ccccc12. The molecule has 3 nitrogen and oxygen atoms in total. The zero-order valence-electron chi connectivity index (χ0n) is 12.6. The molecule has 0 spiro atoms. The maximum absolute atomic E-state index is 10.7. The van der Waals surface area contributed by atoms with Gasteiger partial charge < -0.3 is 14.6 Å². The third kappa shape index (κ3) is 2.52. The zero-order valence-corrected chi connectivity index (χ0v) is 12.6. The Morgan fingerprint density at radius 3 is 2.38 bits per heavy atom. The van der Waals surface area contributed by atoms with E-state index in [1.807, 2.05) is 36.4 Å². The number of rotatable bonds is 5. The molecule has 1 unspecified atom stereocenters. The van der Waals surface area contributed by atoms with E-state index in [0.717, 1.165) is 34.9 Å². The lowest BCUT2D eigenvalue weighted by molar-refractivity contribution is -0.0997. The molecule has 1 atom stereocenters. The average molecular weight is 286 g/mol. The maximum Gasteiger partial charge on any atom is 0.126 e. The van der Waals surface area contributed by atoms with Crippen LogP contribution in [0.4, 0.5) is 0 Å². The van der Waals surface area contributed by atoms with Crippen molar-refractivity contribution in [3.05, 3.63) is 42.0 Å². The van der Waals surface area contributed by atoms with Crippen LogP contribution < -0.4 is 4.74 Å². The summed E-state index contributed by atoms with van der Waals surface area (Å²) in [5.41, 5.74) is 0.815. The van der Waals surface area contributed by atoms with Crippen LogP contribution in [0.25, 0.3) is 10.8 Å². The number of aliphatic hydroxyl groups is 1. The van der Waals surface area contributed by atoms with E-state index < -0.39 is 6.10 Å². The van der Waals surface area contributed by atoms with Crippen molar-refractivity contribution in [2.45, 2.75) is 37.4 Å². The van der Waals surface area contributed by atoms with Crippen molar-refractivity contribution >= 4 is 10.8 Å². The highest BCUT2D eigenvalue weighted by Gasteiger charge is 2.39. The molecule has 1 N–H and O–H groups in total. The fourth-order valence-corrected chi connectivity index (χ4v) is 3.29. The van der Waals surface area contributed by atoms with Gasteiger partial charge in [-0.15, -0.1) is 0 Å². The molecule has 0 amide bonds. The number of hydrogen-bond acceptors (Lipinski definition) is 3. The Morgan fingerprint density at radius 2 is 1.81 bits per heavy atom.